The second-order valence-corrected chi connectivity index (χ2v) is 5.00. The maximum absolute atomic E-state index is 5.04. The largest absolute Gasteiger partial charge is 0.481 e. The Labute approximate surface area is 111 Å². The average molecular weight is 263 g/mol. The van der Waals surface area contributed by atoms with Crippen molar-refractivity contribution >= 4 is 11.3 Å². The molecule has 1 N–H and O–H groups in total. The van der Waals surface area contributed by atoms with Crippen LogP contribution in [0.15, 0.2) is 23.7 Å². The van der Waals surface area contributed by atoms with Gasteiger partial charge >= 0.3 is 0 Å². The quantitative estimate of drug-likeness (QED) is 0.900. The number of hydrogen-bond acceptors (Lipinski definition) is 5. The van der Waals surface area contributed by atoms with Crippen LogP contribution in [0, 0.1) is 0 Å². The lowest BCUT2D eigenvalue weighted by molar-refractivity contribution is 0.397. The summed E-state index contributed by atoms with van der Waals surface area (Å²) in [7, 11) is 3.56. The molecule has 0 radical (unpaired) electrons. The van der Waals surface area contributed by atoms with Crippen LogP contribution >= 0.6 is 11.3 Å². The molecule has 0 aliphatic heterocycles. The van der Waals surface area contributed by atoms with Gasteiger partial charge in [-0.1, -0.05) is 6.07 Å². The Kier molecular flexibility index (Phi) is 4.28. The zero-order valence-electron chi connectivity index (χ0n) is 10.8. The smallest absolute Gasteiger partial charge is 0.212 e. The predicted molar refractivity (Wildman–Crippen MR) is 73.2 cm³/mol. The van der Waals surface area contributed by atoms with E-state index in [1.54, 1.807) is 18.4 Å². The summed E-state index contributed by atoms with van der Waals surface area (Å²) in [5, 5.41) is 6.40. The third-order valence-electron chi connectivity index (χ3n) is 2.81. The molecular formula is C13H17N3OS. The van der Waals surface area contributed by atoms with Gasteiger partial charge in [-0.2, -0.15) is 0 Å². The van der Waals surface area contributed by atoms with Crippen LogP contribution < -0.4 is 10.1 Å². The second kappa shape index (κ2) is 5.93. The van der Waals surface area contributed by atoms with Gasteiger partial charge in [0.1, 0.15) is 0 Å². The van der Waals surface area contributed by atoms with Gasteiger partial charge in [0, 0.05) is 30.1 Å². The highest BCUT2D eigenvalue weighted by Gasteiger charge is 2.08. The van der Waals surface area contributed by atoms with E-state index in [9.17, 15) is 0 Å². The second-order valence-electron chi connectivity index (χ2n) is 4.06. The standard InChI is InChI=1S/C13H17N3OS/c1-9(14-2)11-8-18-13(16-11)6-10-4-5-12(17-3)15-7-10/h4-5,7-9,14H,6H2,1-3H3. The van der Waals surface area contributed by atoms with Crippen LogP contribution in [0.25, 0.3) is 0 Å². The minimum Gasteiger partial charge on any atom is -0.481 e. The zero-order chi connectivity index (χ0) is 13.0. The van der Waals surface area contributed by atoms with Crippen molar-refractivity contribution in [2.45, 2.75) is 19.4 Å². The topological polar surface area (TPSA) is 47.0 Å². The molecule has 4 nitrogen and oxygen atoms in total. The van der Waals surface area contributed by atoms with Crippen LogP contribution in [-0.2, 0) is 6.42 Å². The van der Waals surface area contributed by atoms with Crippen molar-refractivity contribution in [2.75, 3.05) is 14.2 Å². The summed E-state index contributed by atoms with van der Waals surface area (Å²) in [4.78, 5) is 8.81. The van der Waals surface area contributed by atoms with Crippen LogP contribution in [0.2, 0.25) is 0 Å². The molecule has 5 heteroatoms. The molecule has 0 fully saturated rings. The number of ether oxygens (including phenoxy) is 1. The Morgan fingerprint density at radius 2 is 2.28 bits per heavy atom. The first-order valence-corrected chi connectivity index (χ1v) is 6.71. The highest BCUT2D eigenvalue weighted by molar-refractivity contribution is 7.09. The monoisotopic (exact) mass is 263 g/mol. The molecule has 0 saturated heterocycles. The Morgan fingerprint density at radius 1 is 1.44 bits per heavy atom. The molecule has 96 valence electrons. The minimum atomic E-state index is 0.295. The summed E-state index contributed by atoms with van der Waals surface area (Å²) in [5.74, 6) is 0.641. The van der Waals surface area contributed by atoms with Gasteiger partial charge in [-0.25, -0.2) is 9.97 Å². The average Bonchev–Trinajstić information content (AvgIpc) is 2.87. The third kappa shape index (κ3) is 3.05. The molecule has 0 saturated carbocycles. The normalized spacial score (nSPS) is 12.4. The number of pyridine rings is 1. The van der Waals surface area contributed by atoms with Gasteiger partial charge in [-0.15, -0.1) is 11.3 Å². The summed E-state index contributed by atoms with van der Waals surface area (Å²) >= 11 is 1.69. The first kappa shape index (κ1) is 13.0. The molecule has 0 aliphatic carbocycles. The fourth-order valence-corrected chi connectivity index (χ4v) is 2.49. The molecule has 0 amide bonds. The number of methoxy groups -OCH3 is 1. The van der Waals surface area contributed by atoms with E-state index in [1.807, 2.05) is 25.4 Å². The number of hydrogen-bond donors (Lipinski definition) is 1. The molecular weight excluding hydrogens is 246 g/mol. The molecule has 2 heterocycles. The lowest BCUT2D eigenvalue weighted by Crippen LogP contribution is -2.12. The van der Waals surface area contributed by atoms with E-state index >= 15 is 0 Å². The van der Waals surface area contributed by atoms with Crippen molar-refractivity contribution < 1.29 is 4.74 Å². The molecule has 2 aromatic heterocycles. The van der Waals surface area contributed by atoms with Crippen LogP contribution in [0.5, 0.6) is 5.88 Å². The lowest BCUT2D eigenvalue weighted by Gasteiger charge is -2.05. The first-order chi connectivity index (χ1) is 8.72. The predicted octanol–water partition coefficient (Wildman–Crippen LogP) is 2.42. The number of rotatable bonds is 5. The van der Waals surface area contributed by atoms with E-state index in [4.69, 9.17) is 4.74 Å². The fraction of sp³-hybridized carbons (Fsp3) is 0.385. The maximum atomic E-state index is 5.04. The summed E-state index contributed by atoms with van der Waals surface area (Å²) in [5.41, 5.74) is 2.24. The van der Waals surface area contributed by atoms with Gasteiger partial charge < -0.3 is 10.1 Å². The molecule has 1 unspecified atom stereocenters. The summed E-state index contributed by atoms with van der Waals surface area (Å²) in [6.07, 6.45) is 2.65. The third-order valence-corrected chi connectivity index (χ3v) is 3.68. The van der Waals surface area contributed by atoms with Crippen LogP contribution in [-0.4, -0.2) is 24.1 Å². The molecule has 0 aromatic carbocycles. The Balaban J connectivity index is 2.06. The first-order valence-electron chi connectivity index (χ1n) is 5.83. The van der Waals surface area contributed by atoms with E-state index < -0.39 is 0 Å². The summed E-state index contributed by atoms with van der Waals surface area (Å²) in [6, 6.07) is 4.19. The van der Waals surface area contributed by atoms with Gasteiger partial charge in [-0.3, -0.25) is 0 Å². The molecule has 18 heavy (non-hydrogen) atoms. The van der Waals surface area contributed by atoms with Crippen molar-refractivity contribution in [2.24, 2.45) is 0 Å². The van der Waals surface area contributed by atoms with Crippen LogP contribution in [0.1, 0.15) is 29.2 Å². The Bertz CT molecular complexity index is 495. The highest BCUT2D eigenvalue weighted by Crippen LogP contribution is 2.19. The number of nitrogens with one attached hydrogen (secondary N) is 1. The van der Waals surface area contributed by atoms with Gasteiger partial charge in [0.05, 0.1) is 17.8 Å². The van der Waals surface area contributed by atoms with Gasteiger partial charge in [0.25, 0.3) is 0 Å². The van der Waals surface area contributed by atoms with Crippen molar-refractivity contribution in [3.8, 4) is 5.88 Å². The van der Waals surface area contributed by atoms with Crippen molar-refractivity contribution in [1.82, 2.24) is 15.3 Å². The van der Waals surface area contributed by atoms with E-state index in [-0.39, 0.29) is 0 Å². The highest BCUT2D eigenvalue weighted by atomic mass is 32.1. The van der Waals surface area contributed by atoms with E-state index in [0.29, 0.717) is 11.9 Å². The van der Waals surface area contributed by atoms with E-state index in [2.05, 4.69) is 27.6 Å². The molecule has 1 atom stereocenters. The van der Waals surface area contributed by atoms with E-state index in [1.165, 1.54) is 0 Å². The minimum absolute atomic E-state index is 0.295. The Hall–Kier alpha value is -1.46. The summed E-state index contributed by atoms with van der Waals surface area (Å²) in [6.45, 7) is 2.10. The molecule has 0 spiro atoms. The van der Waals surface area contributed by atoms with E-state index in [0.717, 1.165) is 22.7 Å². The van der Waals surface area contributed by atoms with Crippen LogP contribution in [0.3, 0.4) is 0 Å². The van der Waals surface area contributed by atoms with Gasteiger partial charge in [-0.05, 0) is 19.5 Å². The number of thiazole rings is 1. The Morgan fingerprint density at radius 3 is 2.89 bits per heavy atom. The zero-order valence-corrected chi connectivity index (χ0v) is 11.6. The molecule has 0 bridgehead atoms. The van der Waals surface area contributed by atoms with Gasteiger partial charge in [0.2, 0.25) is 5.88 Å². The lowest BCUT2D eigenvalue weighted by atomic mass is 10.2. The molecule has 0 aliphatic rings. The number of nitrogens with zero attached hydrogens (tertiary/aromatic N) is 2. The number of aromatic nitrogens is 2. The molecule has 2 aromatic rings. The maximum Gasteiger partial charge on any atom is 0.212 e. The van der Waals surface area contributed by atoms with Crippen molar-refractivity contribution in [3.63, 3.8) is 0 Å². The molecule has 2 rings (SSSR count). The fourth-order valence-electron chi connectivity index (χ4n) is 1.56. The summed E-state index contributed by atoms with van der Waals surface area (Å²) < 4.78 is 5.04. The van der Waals surface area contributed by atoms with Crippen LogP contribution in [0.4, 0.5) is 0 Å². The van der Waals surface area contributed by atoms with Gasteiger partial charge in [0.15, 0.2) is 0 Å². The van der Waals surface area contributed by atoms with Crippen molar-refractivity contribution in [1.29, 1.82) is 0 Å². The van der Waals surface area contributed by atoms with Crippen molar-refractivity contribution in [3.05, 3.63) is 40.0 Å². The SMILES string of the molecule is CNC(C)c1csc(Cc2ccc(OC)nc2)n1.